The third-order valence-electron chi connectivity index (χ3n) is 4.43. The van der Waals surface area contributed by atoms with Crippen LogP contribution in [0.2, 0.25) is 5.02 Å². The van der Waals surface area contributed by atoms with Gasteiger partial charge in [-0.1, -0.05) is 29.8 Å². The summed E-state index contributed by atoms with van der Waals surface area (Å²) in [4.78, 5) is 21.3. The molecule has 1 aromatic heterocycles. The molecule has 0 saturated carbocycles. The second kappa shape index (κ2) is 6.42. The van der Waals surface area contributed by atoms with E-state index in [1.165, 1.54) is 7.11 Å². The molecule has 1 aliphatic rings. The fourth-order valence-electron chi connectivity index (χ4n) is 3.21. The number of aromatic nitrogens is 2. The number of carbonyl (C=O) groups is 1. The maximum atomic E-state index is 12.1. The Kier molecular flexibility index (Phi) is 4.09. The van der Waals surface area contributed by atoms with Gasteiger partial charge in [-0.15, -0.1) is 0 Å². The zero-order valence-electron chi connectivity index (χ0n) is 14.4. The number of aliphatic imine (C=N–C) groups is 1. The lowest BCUT2D eigenvalue weighted by Gasteiger charge is -2.15. The summed E-state index contributed by atoms with van der Waals surface area (Å²) in [7, 11) is 1.37. The second-order valence-corrected chi connectivity index (χ2v) is 6.43. The van der Waals surface area contributed by atoms with Crippen molar-refractivity contribution in [2.24, 2.45) is 4.99 Å². The zero-order valence-corrected chi connectivity index (χ0v) is 15.1. The molecule has 0 radical (unpaired) electrons. The summed E-state index contributed by atoms with van der Waals surface area (Å²) in [5.41, 5.74) is 4.76. The number of rotatable bonds is 2. The van der Waals surface area contributed by atoms with Crippen LogP contribution in [0.1, 0.15) is 33.0 Å². The number of esters is 1. The van der Waals surface area contributed by atoms with Crippen LogP contribution in [-0.4, -0.2) is 28.3 Å². The number of fused-ring (bicyclic) bond motifs is 3. The van der Waals surface area contributed by atoms with Crippen molar-refractivity contribution in [3.63, 3.8) is 0 Å². The average molecular weight is 366 g/mol. The van der Waals surface area contributed by atoms with Crippen LogP contribution in [0.5, 0.6) is 0 Å². The number of nitrogens with zero attached hydrogens (tertiary/aromatic N) is 3. The molecular formula is C20H16ClN3O2. The molecule has 0 atom stereocenters. The zero-order chi connectivity index (χ0) is 18.3. The standard InChI is InChI=1S/C20H16ClN3O2/c1-12-10-22-18-11-23-19(14-5-3-4-6-16(14)21)15-9-13(20(25)26-2)7-8-17(15)24(12)18/h3-10H,11H2,1-2H3. The maximum Gasteiger partial charge on any atom is 0.337 e. The van der Waals surface area contributed by atoms with Crippen LogP contribution in [-0.2, 0) is 11.3 Å². The van der Waals surface area contributed by atoms with Gasteiger partial charge in [0.15, 0.2) is 0 Å². The number of ether oxygens (including phenoxy) is 1. The molecule has 0 spiro atoms. The fraction of sp³-hybridized carbons (Fsp3) is 0.150. The van der Waals surface area contributed by atoms with Gasteiger partial charge in [0.1, 0.15) is 5.82 Å². The van der Waals surface area contributed by atoms with E-state index in [1.807, 2.05) is 43.5 Å². The first kappa shape index (κ1) is 16.5. The summed E-state index contributed by atoms with van der Waals surface area (Å²) in [6.45, 7) is 2.42. The summed E-state index contributed by atoms with van der Waals surface area (Å²) in [5.74, 6) is 0.453. The molecule has 0 bridgehead atoms. The van der Waals surface area contributed by atoms with Crippen LogP contribution in [0.3, 0.4) is 0 Å². The van der Waals surface area contributed by atoms with Gasteiger partial charge in [-0.2, -0.15) is 0 Å². The Morgan fingerprint density at radius 1 is 1.19 bits per heavy atom. The average Bonchev–Trinajstić information content (AvgIpc) is 2.94. The predicted octanol–water partition coefficient (Wildman–Crippen LogP) is 3.97. The van der Waals surface area contributed by atoms with E-state index in [9.17, 15) is 4.79 Å². The summed E-state index contributed by atoms with van der Waals surface area (Å²) in [6.07, 6.45) is 1.82. The number of benzene rings is 2. The number of carbonyl (C=O) groups excluding carboxylic acids is 1. The summed E-state index contributed by atoms with van der Waals surface area (Å²) >= 11 is 6.43. The van der Waals surface area contributed by atoms with Gasteiger partial charge in [0, 0.05) is 28.0 Å². The second-order valence-electron chi connectivity index (χ2n) is 6.02. The third-order valence-corrected chi connectivity index (χ3v) is 4.76. The minimum atomic E-state index is -0.391. The number of methoxy groups -OCH3 is 1. The minimum absolute atomic E-state index is 0.391. The van der Waals surface area contributed by atoms with Crippen molar-refractivity contribution in [2.45, 2.75) is 13.5 Å². The van der Waals surface area contributed by atoms with Crippen molar-refractivity contribution in [1.29, 1.82) is 0 Å². The topological polar surface area (TPSA) is 56.5 Å². The lowest BCUT2D eigenvalue weighted by molar-refractivity contribution is 0.0600. The van der Waals surface area contributed by atoms with Crippen molar-refractivity contribution in [3.8, 4) is 5.69 Å². The Labute approximate surface area is 155 Å². The number of hydrogen-bond donors (Lipinski definition) is 0. The van der Waals surface area contributed by atoms with E-state index in [0.29, 0.717) is 17.1 Å². The Hall–Kier alpha value is -2.92. The van der Waals surface area contributed by atoms with Crippen LogP contribution in [0.4, 0.5) is 0 Å². The van der Waals surface area contributed by atoms with E-state index < -0.39 is 5.97 Å². The van der Waals surface area contributed by atoms with Gasteiger partial charge in [0.2, 0.25) is 0 Å². The first-order valence-electron chi connectivity index (χ1n) is 8.16. The summed E-state index contributed by atoms with van der Waals surface area (Å²) in [5, 5.41) is 0.608. The van der Waals surface area contributed by atoms with E-state index in [1.54, 1.807) is 12.1 Å². The van der Waals surface area contributed by atoms with E-state index >= 15 is 0 Å². The van der Waals surface area contributed by atoms with Crippen LogP contribution in [0.15, 0.2) is 53.7 Å². The van der Waals surface area contributed by atoms with Crippen molar-refractivity contribution in [3.05, 3.63) is 81.9 Å². The molecule has 0 unspecified atom stereocenters. The molecule has 3 aromatic rings. The highest BCUT2D eigenvalue weighted by Crippen LogP contribution is 2.29. The van der Waals surface area contributed by atoms with Crippen molar-refractivity contribution in [2.75, 3.05) is 7.11 Å². The fourth-order valence-corrected chi connectivity index (χ4v) is 3.44. The third kappa shape index (κ3) is 2.61. The van der Waals surface area contributed by atoms with E-state index in [4.69, 9.17) is 21.3 Å². The molecule has 0 fully saturated rings. The molecule has 4 rings (SSSR count). The normalized spacial score (nSPS) is 12.7. The highest BCUT2D eigenvalue weighted by molar-refractivity contribution is 6.35. The van der Waals surface area contributed by atoms with Crippen molar-refractivity contribution < 1.29 is 9.53 Å². The van der Waals surface area contributed by atoms with Crippen LogP contribution >= 0.6 is 11.6 Å². The predicted molar refractivity (Wildman–Crippen MR) is 100 cm³/mol. The van der Waals surface area contributed by atoms with Gasteiger partial charge in [0.05, 0.1) is 30.6 Å². The molecule has 2 aromatic carbocycles. The molecule has 0 amide bonds. The Balaban J connectivity index is 2.01. The Morgan fingerprint density at radius 2 is 2.00 bits per heavy atom. The van der Waals surface area contributed by atoms with Gasteiger partial charge >= 0.3 is 5.97 Å². The smallest absolute Gasteiger partial charge is 0.337 e. The van der Waals surface area contributed by atoms with Crippen LogP contribution < -0.4 is 0 Å². The SMILES string of the molecule is COC(=O)c1ccc2c(c1)C(c1ccccc1Cl)=NCc1ncc(C)n1-2. The van der Waals surface area contributed by atoms with Gasteiger partial charge in [-0.05, 0) is 31.2 Å². The lowest BCUT2D eigenvalue weighted by Crippen LogP contribution is -2.11. The molecule has 130 valence electrons. The molecule has 0 N–H and O–H groups in total. The number of imidazole rings is 1. The van der Waals surface area contributed by atoms with E-state index in [2.05, 4.69) is 9.55 Å². The van der Waals surface area contributed by atoms with Gasteiger partial charge < -0.3 is 4.74 Å². The summed E-state index contributed by atoms with van der Waals surface area (Å²) < 4.78 is 6.94. The quantitative estimate of drug-likeness (QED) is 0.645. The first-order chi connectivity index (χ1) is 12.6. The monoisotopic (exact) mass is 365 g/mol. The molecule has 6 heteroatoms. The van der Waals surface area contributed by atoms with Crippen LogP contribution in [0, 0.1) is 6.92 Å². The lowest BCUT2D eigenvalue weighted by atomic mass is 9.98. The number of halogens is 1. The molecule has 0 saturated heterocycles. The highest BCUT2D eigenvalue weighted by Gasteiger charge is 2.23. The van der Waals surface area contributed by atoms with Gasteiger partial charge in [0.25, 0.3) is 0 Å². The van der Waals surface area contributed by atoms with Crippen molar-refractivity contribution in [1.82, 2.24) is 9.55 Å². The molecule has 2 heterocycles. The maximum absolute atomic E-state index is 12.1. The minimum Gasteiger partial charge on any atom is -0.465 e. The highest BCUT2D eigenvalue weighted by atomic mass is 35.5. The molecule has 5 nitrogen and oxygen atoms in total. The van der Waals surface area contributed by atoms with E-state index in [0.717, 1.165) is 34.0 Å². The van der Waals surface area contributed by atoms with Crippen LogP contribution in [0.25, 0.3) is 5.69 Å². The largest absolute Gasteiger partial charge is 0.465 e. The van der Waals surface area contributed by atoms with E-state index in [-0.39, 0.29) is 0 Å². The van der Waals surface area contributed by atoms with Gasteiger partial charge in [-0.3, -0.25) is 9.56 Å². The molecule has 0 aliphatic carbocycles. The molecular weight excluding hydrogens is 350 g/mol. The summed E-state index contributed by atoms with van der Waals surface area (Å²) in [6, 6.07) is 13.0. The molecule has 1 aliphatic heterocycles. The Morgan fingerprint density at radius 3 is 2.77 bits per heavy atom. The number of hydrogen-bond acceptors (Lipinski definition) is 4. The first-order valence-corrected chi connectivity index (χ1v) is 8.53. The van der Waals surface area contributed by atoms with Gasteiger partial charge in [-0.25, -0.2) is 9.78 Å². The number of aryl methyl sites for hydroxylation is 1. The van der Waals surface area contributed by atoms with Crippen molar-refractivity contribution >= 4 is 23.3 Å². The molecule has 26 heavy (non-hydrogen) atoms. The Bertz CT molecular complexity index is 1050.